The van der Waals surface area contributed by atoms with E-state index in [2.05, 4.69) is 21.4 Å². The van der Waals surface area contributed by atoms with Crippen LogP contribution >= 0.6 is 12.4 Å². The Morgan fingerprint density at radius 1 is 1.30 bits per heavy atom. The second-order valence-electron chi connectivity index (χ2n) is 5.05. The third-order valence-electron chi connectivity index (χ3n) is 3.45. The van der Waals surface area contributed by atoms with Gasteiger partial charge in [-0.2, -0.15) is 0 Å². The molecular formula is C15H22ClN3O3S. The van der Waals surface area contributed by atoms with Gasteiger partial charge in [-0.25, -0.2) is 8.42 Å². The van der Waals surface area contributed by atoms with Crippen molar-refractivity contribution in [3.05, 3.63) is 41.5 Å². The largest absolute Gasteiger partial charge is 0.348 e. The standard InChI is InChI=1S/C15H21N3O3S.ClH/c1-2-22(20,21)18-14-6-4-3-5-13(14)15(19)17-11-12-7-9-16-10-8-12;/h3-7,16,18H,2,8-11H2,1H3,(H,17,19);1H. The van der Waals surface area contributed by atoms with Gasteiger partial charge in [0.1, 0.15) is 0 Å². The van der Waals surface area contributed by atoms with Crippen LogP contribution in [0.5, 0.6) is 0 Å². The average molecular weight is 360 g/mol. The molecule has 0 spiro atoms. The molecule has 3 N–H and O–H groups in total. The van der Waals surface area contributed by atoms with Crippen molar-refractivity contribution in [1.29, 1.82) is 0 Å². The van der Waals surface area contributed by atoms with Crippen LogP contribution < -0.4 is 15.4 Å². The van der Waals surface area contributed by atoms with Crippen molar-refractivity contribution >= 4 is 34.0 Å². The Bertz CT molecular complexity index is 674. The van der Waals surface area contributed by atoms with Gasteiger partial charge in [-0.05, 0) is 32.0 Å². The molecule has 1 heterocycles. The molecule has 1 aromatic carbocycles. The van der Waals surface area contributed by atoms with Crippen molar-refractivity contribution in [3.63, 3.8) is 0 Å². The number of hydrogen-bond donors (Lipinski definition) is 3. The number of amides is 1. The highest BCUT2D eigenvalue weighted by Crippen LogP contribution is 2.17. The normalized spacial score (nSPS) is 14.4. The number of benzene rings is 1. The predicted octanol–water partition coefficient (Wildman–Crippen LogP) is 1.52. The summed E-state index contributed by atoms with van der Waals surface area (Å²) in [4.78, 5) is 12.3. The summed E-state index contributed by atoms with van der Waals surface area (Å²) >= 11 is 0. The Morgan fingerprint density at radius 3 is 2.70 bits per heavy atom. The summed E-state index contributed by atoms with van der Waals surface area (Å²) in [6.07, 6.45) is 2.97. The molecule has 2 rings (SSSR count). The molecule has 0 aromatic heterocycles. The van der Waals surface area contributed by atoms with Crippen molar-refractivity contribution in [2.45, 2.75) is 13.3 Å². The number of carbonyl (C=O) groups excluding carboxylic acids is 1. The zero-order chi connectivity index (χ0) is 16.0. The fourth-order valence-electron chi connectivity index (χ4n) is 2.13. The Morgan fingerprint density at radius 2 is 2.04 bits per heavy atom. The molecule has 0 saturated heterocycles. The number of rotatable bonds is 6. The third-order valence-corrected chi connectivity index (χ3v) is 4.74. The van der Waals surface area contributed by atoms with Crippen molar-refractivity contribution in [2.24, 2.45) is 0 Å². The van der Waals surface area contributed by atoms with Gasteiger partial charge in [-0.3, -0.25) is 9.52 Å². The highest BCUT2D eigenvalue weighted by molar-refractivity contribution is 7.92. The number of carbonyl (C=O) groups is 1. The Kier molecular flexibility index (Phi) is 7.54. The Hall–Kier alpha value is -1.57. The molecule has 0 bridgehead atoms. The van der Waals surface area contributed by atoms with Crippen LogP contribution in [0.4, 0.5) is 5.69 Å². The highest BCUT2D eigenvalue weighted by atomic mass is 35.5. The monoisotopic (exact) mass is 359 g/mol. The van der Waals surface area contributed by atoms with Gasteiger partial charge in [-0.15, -0.1) is 12.4 Å². The zero-order valence-corrected chi connectivity index (χ0v) is 14.6. The zero-order valence-electron chi connectivity index (χ0n) is 13.0. The lowest BCUT2D eigenvalue weighted by Gasteiger charge is -2.16. The minimum Gasteiger partial charge on any atom is -0.348 e. The SMILES string of the molecule is CCS(=O)(=O)Nc1ccccc1C(=O)NCC1=CCNCC1.Cl. The molecule has 1 aliphatic rings. The summed E-state index contributed by atoms with van der Waals surface area (Å²) in [5.74, 6) is -0.322. The van der Waals surface area contributed by atoms with E-state index in [0.717, 1.165) is 19.5 Å². The van der Waals surface area contributed by atoms with E-state index in [9.17, 15) is 13.2 Å². The van der Waals surface area contributed by atoms with Gasteiger partial charge in [-0.1, -0.05) is 23.8 Å². The molecule has 0 fully saturated rings. The maximum Gasteiger partial charge on any atom is 0.253 e. The lowest BCUT2D eigenvalue weighted by atomic mass is 10.1. The van der Waals surface area contributed by atoms with E-state index in [4.69, 9.17) is 0 Å². The fourth-order valence-corrected chi connectivity index (χ4v) is 2.79. The number of para-hydroxylation sites is 1. The second-order valence-corrected chi connectivity index (χ2v) is 7.06. The van der Waals surface area contributed by atoms with Crippen LogP contribution in [0, 0.1) is 0 Å². The maximum absolute atomic E-state index is 12.3. The van der Waals surface area contributed by atoms with Gasteiger partial charge < -0.3 is 10.6 Å². The first-order chi connectivity index (χ1) is 10.5. The van der Waals surface area contributed by atoms with Crippen molar-refractivity contribution < 1.29 is 13.2 Å². The molecule has 128 valence electrons. The van der Waals surface area contributed by atoms with Gasteiger partial charge in [0.25, 0.3) is 5.91 Å². The lowest BCUT2D eigenvalue weighted by Crippen LogP contribution is -2.30. The smallest absolute Gasteiger partial charge is 0.253 e. The van der Waals surface area contributed by atoms with E-state index in [1.54, 1.807) is 31.2 Å². The predicted molar refractivity (Wildman–Crippen MR) is 94.7 cm³/mol. The molecule has 0 atom stereocenters. The van der Waals surface area contributed by atoms with Crippen LogP contribution in [-0.4, -0.2) is 39.7 Å². The number of sulfonamides is 1. The molecular weight excluding hydrogens is 338 g/mol. The summed E-state index contributed by atoms with van der Waals surface area (Å²) in [5.41, 5.74) is 1.81. The van der Waals surface area contributed by atoms with Crippen molar-refractivity contribution in [3.8, 4) is 0 Å². The Labute approximate surface area is 143 Å². The molecule has 6 nitrogen and oxygen atoms in total. The van der Waals surface area contributed by atoms with Crippen molar-refractivity contribution in [2.75, 3.05) is 30.1 Å². The van der Waals surface area contributed by atoms with Crippen LogP contribution in [0.1, 0.15) is 23.7 Å². The number of nitrogens with one attached hydrogen (secondary N) is 3. The van der Waals surface area contributed by atoms with E-state index in [0.29, 0.717) is 17.8 Å². The number of halogens is 1. The highest BCUT2D eigenvalue weighted by Gasteiger charge is 2.15. The first kappa shape index (κ1) is 19.5. The average Bonchev–Trinajstić information content (AvgIpc) is 2.54. The van der Waals surface area contributed by atoms with E-state index >= 15 is 0 Å². The minimum atomic E-state index is -3.41. The third kappa shape index (κ3) is 5.85. The molecule has 1 aromatic rings. The van der Waals surface area contributed by atoms with Gasteiger partial charge >= 0.3 is 0 Å². The number of hydrogen-bond acceptors (Lipinski definition) is 4. The first-order valence-corrected chi connectivity index (χ1v) is 8.93. The molecule has 0 radical (unpaired) electrons. The Balaban J connectivity index is 0.00000264. The molecule has 0 aliphatic carbocycles. The van der Waals surface area contributed by atoms with Crippen molar-refractivity contribution in [1.82, 2.24) is 10.6 Å². The molecule has 0 saturated carbocycles. The quantitative estimate of drug-likeness (QED) is 0.672. The maximum atomic E-state index is 12.3. The van der Waals surface area contributed by atoms with E-state index in [1.807, 2.05) is 0 Å². The van der Waals surface area contributed by atoms with Crippen LogP contribution in [0.15, 0.2) is 35.9 Å². The minimum absolute atomic E-state index is 0. The van der Waals surface area contributed by atoms with Gasteiger partial charge in [0.15, 0.2) is 0 Å². The van der Waals surface area contributed by atoms with Crippen LogP contribution in [0.3, 0.4) is 0 Å². The molecule has 23 heavy (non-hydrogen) atoms. The summed E-state index contributed by atoms with van der Waals surface area (Å²) in [6.45, 7) is 3.76. The lowest BCUT2D eigenvalue weighted by molar-refractivity contribution is 0.0957. The summed E-state index contributed by atoms with van der Waals surface area (Å²) in [5, 5.41) is 6.05. The molecule has 1 aliphatic heterocycles. The number of anilines is 1. The topological polar surface area (TPSA) is 87.3 Å². The van der Waals surface area contributed by atoms with Crippen LogP contribution in [0.2, 0.25) is 0 Å². The fraction of sp³-hybridized carbons (Fsp3) is 0.400. The summed E-state index contributed by atoms with van der Waals surface area (Å²) in [7, 11) is -3.41. The van der Waals surface area contributed by atoms with E-state index < -0.39 is 10.0 Å². The summed E-state index contributed by atoms with van der Waals surface area (Å²) < 4.78 is 25.8. The molecule has 8 heteroatoms. The molecule has 1 amide bonds. The van der Waals surface area contributed by atoms with Gasteiger partial charge in [0, 0.05) is 13.1 Å². The molecule has 0 unspecified atom stereocenters. The van der Waals surface area contributed by atoms with Crippen LogP contribution in [-0.2, 0) is 10.0 Å². The second kappa shape index (κ2) is 8.90. The van der Waals surface area contributed by atoms with E-state index in [-0.39, 0.29) is 24.1 Å². The first-order valence-electron chi connectivity index (χ1n) is 7.28. The van der Waals surface area contributed by atoms with Crippen LogP contribution in [0.25, 0.3) is 0 Å². The van der Waals surface area contributed by atoms with E-state index in [1.165, 1.54) is 5.57 Å². The van der Waals surface area contributed by atoms with Gasteiger partial charge in [0.2, 0.25) is 10.0 Å². The van der Waals surface area contributed by atoms with Gasteiger partial charge in [0.05, 0.1) is 17.0 Å². The summed E-state index contributed by atoms with van der Waals surface area (Å²) in [6, 6.07) is 6.60.